The Morgan fingerprint density at radius 3 is 2.44 bits per heavy atom. The maximum absolute atomic E-state index is 11.9. The fourth-order valence-corrected chi connectivity index (χ4v) is 3.66. The molecule has 0 aliphatic rings. The summed E-state index contributed by atoms with van der Waals surface area (Å²) in [6.45, 7) is 0.0573. The molecule has 0 saturated heterocycles. The molecule has 4 heteroatoms. The molecule has 1 heterocycles. The van der Waals surface area contributed by atoms with Crippen molar-refractivity contribution in [1.82, 2.24) is 0 Å². The first kappa shape index (κ1) is 13.5. The molecule has 1 aromatic carbocycles. The summed E-state index contributed by atoms with van der Waals surface area (Å²) in [6.07, 6.45) is 0.888. The standard InChI is InChI=1S/C14H16O2S2/c15-10-12-3-5-13(6-4-12)11-18(16)9-7-14-2-1-8-17-14/h1-6,8,15H,7,9-11H2. The molecule has 0 aliphatic heterocycles. The Kier molecular flexibility index (Phi) is 5.11. The molecule has 1 unspecified atom stereocenters. The molecule has 0 radical (unpaired) electrons. The second-order valence-corrected chi connectivity index (χ2v) is 6.70. The number of aryl methyl sites for hydroxylation is 1. The molecule has 0 spiro atoms. The van der Waals surface area contributed by atoms with Gasteiger partial charge in [-0.25, -0.2) is 0 Å². The number of hydrogen-bond donors (Lipinski definition) is 1. The second kappa shape index (κ2) is 6.83. The molecule has 1 N–H and O–H groups in total. The summed E-state index contributed by atoms with van der Waals surface area (Å²) in [4.78, 5) is 1.29. The highest BCUT2D eigenvalue weighted by Crippen LogP contribution is 2.11. The Balaban J connectivity index is 1.83. The zero-order valence-electron chi connectivity index (χ0n) is 10.0. The van der Waals surface area contributed by atoms with Crippen LogP contribution in [0.1, 0.15) is 16.0 Å². The van der Waals surface area contributed by atoms with Gasteiger partial charge in [0.1, 0.15) is 0 Å². The Hall–Kier alpha value is -0.970. The minimum atomic E-state index is -0.820. The normalized spacial score (nSPS) is 12.5. The molecule has 0 saturated carbocycles. The fourth-order valence-electron chi connectivity index (χ4n) is 1.67. The van der Waals surface area contributed by atoms with Crippen LogP contribution in [-0.4, -0.2) is 15.1 Å². The van der Waals surface area contributed by atoms with Crippen molar-refractivity contribution in [2.45, 2.75) is 18.8 Å². The van der Waals surface area contributed by atoms with E-state index in [2.05, 4.69) is 6.07 Å². The fraction of sp³-hybridized carbons (Fsp3) is 0.286. The molecule has 0 bridgehead atoms. The van der Waals surface area contributed by atoms with Crippen molar-refractivity contribution in [3.8, 4) is 0 Å². The van der Waals surface area contributed by atoms with E-state index in [1.807, 2.05) is 35.7 Å². The number of thiophene rings is 1. The number of aliphatic hydroxyl groups is 1. The van der Waals surface area contributed by atoms with Crippen molar-refractivity contribution < 1.29 is 9.32 Å². The number of aliphatic hydroxyl groups excluding tert-OH is 1. The lowest BCUT2D eigenvalue weighted by molar-refractivity contribution is 0.282. The first-order valence-corrected chi connectivity index (χ1v) is 8.21. The number of hydrogen-bond acceptors (Lipinski definition) is 3. The van der Waals surface area contributed by atoms with Gasteiger partial charge in [0.2, 0.25) is 0 Å². The van der Waals surface area contributed by atoms with Crippen molar-refractivity contribution in [2.75, 3.05) is 5.75 Å². The summed E-state index contributed by atoms with van der Waals surface area (Å²) in [7, 11) is -0.820. The summed E-state index contributed by atoms with van der Waals surface area (Å²) >= 11 is 1.71. The third kappa shape index (κ3) is 4.05. The summed E-state index contributed by atoms with van der Waals surface area (Å²) < 4.78 is 11.9. The predicted molar refractivity (Wildman–Crippen MR) is 77.1 cm³/mol. The minimum absolute atomic E-state index is 0.0573. The number of benzene rings is 1. The largest absolute Gasteiger partial charge is 0.392 e. The van der Waals surface area contributed by atoms with E-state index in [9.17, 15) is 4.21 Å². The lowest BCUT2D eigenvalue weighted by atomic mass is 10.2. The van der Waals surface area contributed by atoms with Crippen molar-refractivity contribution in [3.63, 3.8) is 0 Å². The van der Waals surface area contributed by atoms with Crippen molar-refractivity contribution in [3.05, 3.63) is 57.8 Å². The van der Waals surface area contributed by atoms with Crippen LogP contribution in [0.3, 0.4) is 0 Å². The Morgan fingerprint density at radius 1 is 1.11 bits per heavy atom. The van der Waals surface area contributed by atoms with Gasteiger partial charge < -0.3 is 5.11 Å². The Labute approximate surface area is 114 Å². The van der Waals surface area contributed by atoms with Gasteiger partial charge in [0.25, 0.3) is 0 Å². The zero-order chi connectivity index (χ0) is 12.8. The highest BCUT2D eigenvalue weighted by atomic mass is 32.2. The summed E-state index contributed by atoms with van der Waals surface area (Å²) in [5, 5.41) is 11.0. The SMILES string of the molecule is O=S(CCc1cccs1)Cc1ccc(CO)cc1. The smallest absolute Gasteiger partial charge is 0.0681 e. The van der Waals surface area contributed by atoms with Crippen molar-refractivity contribution in [2.24, 2.45) is 0 Å². The molecule has 0 fully saturated rings. The zero-order valence-corrected chi connectivity index (χ0v) is 11.7. The van der Waals surface area contributed by atoms with E-state index in [0.29, 0.717) is 11.5 Å². The van der Waals surface area contributed by atoms with E-state index < -0.39 is 10.8 Å². The van der Waals surface area contributed by atoms with E-state index in [-0.39, 0.29) is 6.61 Å². The molecule has 0 amide bonds. The van der Waals surface area contributed by atoms with Crippen LogP contribution in [0, 0.1) is 0 Å². The summed E-state index contributed by atoms with van der Waals surface area (Å²) in [6, 6.07) is 11.7. The van der Waals surface area contributed by atoms with Gasteiger partial charge in [0.05, 0.1) is 6.61 Å². The van der Waals surface area contributed by atoms with E-state index in [1.165, 1.54) is 4.88 Å². The van der Waals surface area contributed by atoms with Gasteiger partial charge in [0.15, 0.2) is 0 Å². The molecule has 2 rings (SSSR count). The summed E-state index contributed by atoms with van der Waals surface area (Å²) in [5.74, 6) is 1.30. The topological polar surface area (TPSA) is 37.3 Å². The van der Waals surface area contributed by atoms with Gasteiger partial charge >= 0.3 is 0 Å². The Morgan fingerprint density at radius 2 is 1.83 bits per heavy atom. The predicted octanol–water partition coefficient (Wildman–Crippen LogP) is 2.73. The second-order valence-electron chi connectivity index (χ2n) is 4.09. The van der Waals surface area contributed by atoms with Gasteiger partial charge in [0, 0.05) is 27.2 Å². The maximum atomic E-state index is 11.9. The molecule has 2 nitrogen and oxygen atoms in total. The van der Waals surface area contributed by atoms with Crippen LogP contribution < -0.4 is 0 Å². The van der Waals surface area contributed by atoms with E-state index in [0.717, 1.165) is 17.5 Å². The molecule has 2 aromatic rings. The molecule has 0 aliphatic carbocycles. The lowest BCUT2D eigenvalue weighted by Gasteiger charge is -2.03. The quantitative estimate of drug-likeness (QED) is 0.883. The van der Waals surface area contributed by atoms with E-state index in [4.69, 9.17) is 5.11 Å². The molecule has 1 aromatic heterocycles. The van der Waals surface area contributed by atoms with Crippen LogP contribution in [0.15, 0.2) is 41.8 Å². The van der Waals surface area contributed by atoms with Gasteiger partial charge in [-0.2, -0.15) is 0 Å². The first-order valence-electron chi connectivity index (χ1n) is 5.84. The third-order valence-electron chi connectivity index (χ3n) is 2.69. The van der Waals surface area contributed by atoms with Crippen molar-refractivity contribution in [1.29, 1.82) is 0 Å². The average Bonchev–Trinajstić information content (AvgIpc) is 2.90. The van der Waals surface area contributed by atoms with Crippen LogP contribution in [0.5, 0.6) is 0 Å². The average molecular weight is 280 g/mol. The van der Waals surface area contributed by atoms with Gasteiger partial charge in [-0.3, -0.25) is 4.21 Å². The van der Waals surface area contributed by atoms with Crippen LogP contribution >= 0.6 is 11.3 Å². The molecule has 1 atom stereocenters. The van der Waals surface area contributed by atoms with E-state index in [1.54, 1.807) is 11.3 Å². The molecular formula is C14H16O2S2. The van der Waals surface area contributed by atoms with E-state index >= 15 is 0 Å². The number of rotatable bonds is 6. The monoisotopic (exact) mass is 280 g/mol. The molecule has 18 heavy (non-hydrogen) atoms. The Bertz CT molecular complexity index is 489. The van der Waals surface area contributed by atoms with Gasteiger partial charge in [-0.1, -0.05) is 30.3 Å². The highest BCUT2D eigenvalue weighted by molar-refractivity contribution is 7.84. The molecular weight excluding hydrogens is 264 g/mol. The first-order chi connectivity index (χ1) is 8.78. The van der Waals surface area contributed by atoms with Crippen LogP contribution in [0.4, 0.5) is 0 Å². The van der Waals surface area contributed by atoms with Crippen LogP contribution in [0.25, 0.3) is 0 Å². The molecule has 96 valence electrons. The van der Waals surface area contributed by atoms with Gasteiger partial charge in [-0.05, 0) is 29.0 Å². The van der Waals surface area contributed by atoms with Crippen molar-refractivity contribution >= 4 is 22.1 Å². The minimum Gasteiger partial charge on any atom is -0.392 e. The van der Waals surface area contributed by atoms with Crippen LogP contribution in [0.2, 0.25) is 0 Å². The van der Waals surface area contributed by atoms with Gasteiger partial charge in [-0.15, -0.1) is 11.3 Å². The maximum Gasteiger partial charge on any atom is 0.0681 e. The third-order valence-corrected chi connectivity index (χ3v) is 4.94. The summed E-state index contributed by atoms with van der Waals surface area (Å²) in [5.41, 5.74) is 1.96. The van der Waals surface area contributed by atoms with Crippen LogP contribution in [-0.2, 0) is 29.6 Å². The highest BCUT2D eigenvalue weighted by Gasteiger charge is 2.03. The lowest BCUT2D eigenvalue weighted by Crippen LogP contribution is -2.03.